The summed E-state index contributed by atoms with van der Waals surface area (Å²) in [6, 6.07) is 18.8. The molecule has 0 atom stereocenters. The summed E-state index contributed by atoms with van der Waals surface area (Å²) in [6.07, 6.45) is 2.67. The number of benzene rings is 3. The third-order valence-corrected chi connectivity index (χ3v) is 6.33. The number of likely N-dealkylation sites (N-methyl/N-ethyl adjacent to an activating group) is 1. The first-order valence-electron chi connectivity index (χ1n) is 11.9. The largest absolute Gasteiger partial charge is 0.395 e. The van der Waals surface area contributed by atoms with Crippen LogP contribution >= 0.6 is 0 Å². The minimum absolute atomic E-state index is 0.0432. The van der Waals surface area contributed by atoms with Crippen molar-refractivity contribution in [2.45, 2.75) is 6.54 Å². The van der Waals surface area contributed by atoms with Gasteiger partial charge in [0.15, 0.2) is 11.2 Å². The number of amides is 1. The van der Waals surface area contributed by atoms with E-state index in [9.17, 15) is 14.7 Å². The molecule has 3 aromatic carbocycles. The number of aromatic nitrogens is 4. The Morgan fingerprint density at radius 2 is 1.79 bits per heavy atom. The molecule has 0 radical (unpaired) electrons. The molecule has 0 saturated heterocycles. The van der Waals surface area contributed by atoms with E-state index in [2.05, 4.69) is 9.97 Å². The number of carbonyl (C=O) groups excluding carboxylic acids is 1. The van der Waals surface area contributed by atoms with Crippen LogP contribution in [-0.2, 0) is 6.54 Å². The number of aliphatic hydroxyl groups is 1. The molecule has 10 heteroatoms. The number of aliphatic hydroxyl groups excluding tert-OH is 1. The second kappa shape index (κ2) is 10.4. The van der Waals surface area contributed by atoms with Gasteiger partial charge in [0.25, 0.3) is 5.56 Å². The highest BCUT2D eigenvalue weighted by Gasteiger charge is 2.17. The highest BCUT2D eigenvalue weighted by Crippen LogP contribution is 2.27. The van der Waals surface area contributed by atoms with Gasteiger partial charge in [0.2, 0.25) is 5.91 Å². The molecule has 1 amide bonds. The van der Waals surface area contributed by atoms with E-state index in [0.29, 0.717) is 24.3 Å². The Bertz CT molecular complexity index is 1710. The zero-order valence-corrected chi connectivity index (χ0v) is 20.6. The standard InChI is InChI=1S/C28H25FN6O3/c1-33(11-12-36)15-20-5-2-3-8-22(20)18-9-10-24(23(29)14-18)35-17-32-27-25(28(35)38)34(16-31-27)21-7-4-6-19(13-21)26(30)37/h2-10,13-14,16-17,36H,11-12,15H2,1H3,(H2,30,37). The minimum Gasteiger partial charge on any atom is -0.395 e. The number of rotatable bonds is 8. The summed E-state index contributed by atoms with van der Waals surface area (Å²) < 4.78 is 18.1. The smallest absolute Gasteiger partial charge is 0.284 e. The van der Waals surface area contributed by atoms with Gasteiger partial charge in [0, 0.05) is 24.3 Å². The van der Waals surface area contributed by atoms with Gasteiger partial charge in [-0.05, 0) is 54.1 Å². The number of nitrogens with zero attached hydrogens (tertiary/aromatic N) is 5. The summed E-state index contributed by atoms with van der Waals surface area (Å²) in [4.78, 5) is 35.6. The highest BCUT2D eigenvalue weighted by atomic mass is 19.1. The summed E-state index contributed by atoms with van der Waals surface area (Å²) in [5.74, 6) is -1.19. The van der Waals surface area contributed by atoms with Crippen LogP contribution in [0.3, 0.4) is 0 Å². The van der Waals surface area contributed by atoms with E-state index in [0.717, 1.165) is 15.7 Å². The van der Waals surface area contributed by atoms with Gasteiger partial charge in [-0.1, -0.05) is 36.4 Å². The van der Waals surface area contributed by atoms with Gasteiger partial charge in [0.05, 0.1) is 12.3 Å². The average Bonchev–Trinajstić information content (AvgIpc) is 3.35. The molecule has 0 aliphatic rings. The maximum Gasteiger partial charge on any atom is 0.284 e. The van der Waals surface area contributed by atoms with E-state index in [1.165, 1.54) is 23.3 Å². The first-order valence-corrected chi connectivity index (χ1v) is 11.9. The lowest BCUT2D eigenvalue weighted by Gasteiger charge is -2.18. The third kappa shape index (κ3) is 4.70. The van der Waals surface area contributed by atoms with Crippen LogP contribution in [0, 0.1) is 5.82 Å². The quantitative estimate of drug-likeness (QED) is 0.330. The Morgan fingerprint density at radius 3 is 2.53 bits per heavy atom. The van der Waals surface area contributed by atoms with Crippen molar-refractivity contribution in [2.75, 3.05) is 20.2 Å². The number of halogens is 1. The molecule has 0 unspecified atom stereocenters. The Hall–Kier alpha value is -4.67. The molecule has 0 aliphatic heterocycles. The highest BCUT2D eigenvalue weighted by molar-refractivity contribution is 5.93. The average molecular weight is 513 g/mol. The van der Waals surface area contributed by atoms with Gasteiger partial charge in [-0.2, -0.15) is 0 Å². The molecule has 192 valence electrons. The molecule has 0 aliphatic carbocycles. The predicted octanol–water partition coefficient (Wildman–Crippen LogP) is 2.90. The Balaban J connectivity index is 1.56. The van der Waals surface area contributed by atoms with Crippen LogP contribution in [0.25, 0.3) is 33.7 Å². The fourth-order valence-corrected chi connectivity index (χ4v) is 4.44. The summed E-state index contributed by atoms with van der Waals surface area (Å²) >= 11 is 0. The Morgan fingerprint density at radius 1 is 1.03 bits per heavy atom. The zero-order valence-electron chi connectivity index (χ0n) is 20.6. The van der Waals surface area contributed by atoms with Crippen molar-refractivity contribution in [1.29, 1.82) is 0 Å². The monoisotopic (exact) mass is 512 g/mol. The Kier molecular flexibility index (Phi) is 6.82. The van der Waals surface area contributed by atoms with Crippen LogP contribution in [-0.4, -0.2) is 55.2 Å². The number of hydrogen-bond donors (Lipinski definition) is 2. The molecule has 2 heterocycles. The molecular formula is C28H25FN6O3. The van der Waals surface area contributed by atoms with E-state index in [4.69, 9.17) is 5.73 Å². The lowest BCUT2D eigenvalue weighted by molar-refractivity contribution is 0.1000. The number of carbonyl (C=O) groups is 1. The fraction of sp³-hybridized carbons (Fsp3) is 0.143. The molecule has 2 aromatic heterocycles. The predicted molar refractivity (Wildman–Crippen MR) is 142 cm³/mol. The molecule has 0 bridgehead atoms. The number of primary amides is 1. The molecule has 3 N–H and O–H groups in total. The van der Waals surface area contributed by atoms with E-state index in [1.54, 1.807) is 36.4 Å². The fourth-order valence-electron chi connectivity index (χ4n) is 4.44. The Labute approximate surface area is 217 Å². The van der Waals surface area contributed by atoms with Crippen LogP contribution in [0.15, 0.2) is 84.2 Å². The number of hydrogen-bond acceptors (Lipinski definition) is 6. The van der Waals surface area contributed by atoms with Crippen LogP contribution in [0.4, 0.5) is 4.39 Å². The summed E-state index contributed by atoms with van der Waals surface area (Å²) in [7, 11) is 1.90. The lowest BCUT2D eigenvalue weighted by atomic mass is 9.99. The van der Waals surface area contributed by atoms with Crippen molar-refractivity contribution < 1.29 is 14.3 Å². The maximum atomic E-state index is 15.5. The van der Waals surface area contributed by atoms with Crippen molar-refractivity contribution in [3.63, 3.8) is 0 Å². The normalized spacial score (nSPS) is 11.4. The van der Waals surface area contributed by atoms with Gasteiger partial charge in [0.1, 0.15) is 18.5 Å². The van der Waals surface area contributed by atoms with Gasteiger partial charge in [-0.3, -0.25) is 23.6 Å². The molecule has 5 rings (SSSR count). The molecule has 0 saturated carbocycles. The second-order valence-corrected chi connectivity index (χ2v) is 8.91. The molecule has 5 aromatic rings. The first-order chi connectivity index (χ1) is 18.4. The van der Waals surface area contributed by atoms with Gasteiger partial charge < -0.3 is 10.8 Å². The van der Waals surface area contributed by atoms with E-state index < -0.39 is 17.3 Å². The van der Waals surface area contributed by atoms with Crippen molar-refractivity contribution >= 4 is 17.1 Å². The molecular weight excluding hydrogens is 487 g/mol. The number of fused-ring (bicyclic) bond motifs is 1. The summed E-state index contributed by atoms with van der Waals surface area (Å²) in [5.41, 5.74) is 8.53. The van der Waals surface area contributed by atoms with Gasteiger partial charge in [-0.25, -0.2) is 14.4 Å². The van der Waals surface area contributed by atoms with E-state index >= 15 is 4.39 Å². The van der Waals surface area contributed by atoms with Gasteiger partial charge in [-0.15, -0.1) is 0 Å². The SMILES string of the molecule is CN(CCO)Cc1ccccc1-c1ccc(-n2cnc3ncn(-c4cccc(C(N)=O)c4)c3c2=O)c(F)c1. The van der Waals surface area contributed by atoms with Crippen molar-refractivity contribution in [1.82, 2.24) is 24.0 Å². The van der Waals surface area contributed by atoms with Crippen LogP contribution < -0.4 is 11.3 Å². The second-order valence-electron chi connectivity index (χ2n) is 8.91. The minimum atomic E-state index is -0.601. The lowest BCUT2D eigenvalue weighted by Crippen LogP contribution is -2.22. The van der Waals surface area contributed by atoms with E-state index in [1.807, 2.05) is 36.2 Å². The van der Waals surface area contributed by atoms with Crippen LogP contribution in [0.1, 0.15) is 15.9 Å². The molecule has 0 spiro atoms. The van der Waals surface area contributed by atoms with Crippen molar-refractivity contribution in [2.24, 2.45) is 5.73 Å². The molecule has 0 fully saturated rings. The van der Waals surface area contributed by atoms with Gasteiger partial charge >= 0.3 is 0 Å². The summed E-state index contributed by atoms with van der Waals surface area (Å²) in [5, 5.41) is 9.22. The van der Waals surface area contributed by atoms with Crippen LogP contribution in [0.5, 0.6) is 0 Å². The molecule has 9 nitrogen and oxygen atoms in total. The van der Waals surface area contributed by atoms with Crippen molar-refractivity contribution in [3.8, 4) is 22.5 Å². The maximum absolute atomic E-state index is 15.5. The molecule has 38 heavy (non-hydrogen) atoms. The van der Waals surface area contributed by atoms with E-state index in [-0.39, 0.29) is 29.0 Å². The van der Waals surface area contributed by atoms with Crippen molar-refractivity contribution in [3.05, 3.63) is 107 Å². The number of imidazole rings is 1. The summed E-state index contributed by atoms with van der Waals surface area (Å²) in [6.45, 7) is 1.15. The van der Waals surface area contributed by atoms with Crippen LogP contribution in [0.2, 0.25) is 0 Å². The topological polar surface area (TPSA) is 119 Å². The first kappa shape index (κ1) is 25.0. The third-order valence-electron chi connectivity index (χ3n) is 6.33. The number of nitrogens with two attached hydrogens (primary N) is 1. The zero-order chi connectivity index (χ0) is 26.8.